The predicted molar refractivity (Wildman–Crippen MR) is 82.5 cm³/mol. The van der Waals surface area contributed by atoms with Crippen molar-refractivity contribution in [2.45, 2.75) is 25.8 Å². The average molecular weight is 324 g/mol. The normalized spacial score (nSPS) is 12.1. The van der Waals surface area contributed by atoms with Gasteiger partial charge in [-0.25, -0.2) is 0 Å². The van der Waals surface area contributed by atoms with Crippen molar-refractivity contribution in [3.05, 3.63) is 35.2 Å². The molecule has 0 fully saturated rings. The molecule has 1 heterocycles. The maximum Gasteiger partial charge on any atom is 0.227 e. The van der Waals surface area contributed by atoms with Crippen LogP contribution in [0.2, 0.25) is 5.02 Å². The number of hydrogen-bond donors (Lipinski definition) is 1. The number of nitrogens with zero attached hydrogens (tertiary/aromatic N) is 2. The van der Waals surface area contributed by atoms with E-state index in [1.54, 1.807) is 19.2 Å². The number of carbonyl (C=O) groups excluding carboxylic acids is 1. The third kappa shape index (κ3) is 4.82. The van der Waals surface area contributed by atoms with Gasteiger partial charge in [0.15, 0.2) is 0 Å². The molecular formula is C15H18ClN3O3. The molecule has 1 aromatic carbocycles. The Kier molecular flexibility index (Phi) is 5.91. The van der Waals surface area contributed by atoms with Gasteiger partial charge in [0.2, 0.25) is 17.6 Å². The summed E-state index contributed by atoms with van der Waals surface area (Å²) in [5, 5.41) is 7.38. The molecule has 0 unspecified atom stereocenters. The van der Waals surface area contributed by atoms with E-state index in [4.69, 9.17) is 20.9 Å². The van der Waals surface area contributed by atoms with Crippen LogP contribution in [0.3, 0.4) is 0 Å². The van der Waals surface area contributed by atoms with E-state index in [9.17, 15) is 4.79 Å². The number of halogens is 1. The average Bonchev–Trinajstić information content (AvgIpc) is 2.95. The first kappa shape index (κ1) is 16.5. The summed E-state index contributed by atoms with van der Waals surface area (Å²) in [7, 11) is 1.60. The molecule has 7 heteroatoms. The van der Waals surface area contributed by atoms with Gasteiger partial charge in [-0.3, -0.25) is 4.79 Å². The Morgan fingerprint density at radius 1 is 1.41 bits per heavy atom. The van der Waals surface area contributed by atoms with Crippen molar-refractivity contribution < 1.29 is 14.1 Å². The van der Waals surface area contributed by atoms with Crippen LogP contribution in [-0.2, 0) is 16.0 Å². The molecule has 1 aromatic heterocycles. The number of rotatable bonds is 7. The highest BCUT2D eigenvalue weighted by atomic mass is 35.5. The Balaban J connectivity index is 1.87. The van der Waals surface area contributed by atoms with E-state index in [1.807, 2.05) is 19.1 Å². The Labute approximate surface area is 133 Å². The molecular weight excluding hydrogens is 306 g/mol. The smallest absolute Gasteiger partial charge is 0.227 e. The summed E-state index contributed by atoms with van der Waals surface area (Å²) in [6, 6.07) is 7.13. The van der Waals surface area contributed by atoms with Crippen molar-refractivity contribution in [1.29, 1.82) is 0 Å². The highest BCUT2D eigenvalue weighted by molar-refractivity contribution is 6.30. The van der Waals surface area contributed by atoms with Crippen molar-refractivity contribution >= 4 is 17.5 Å². The molecule has 0 bridgehead atoms. The fourth-order valence-corrected chi connectivity index (χ4v) is 2.06. The van der Waals surface area contributed by atoms with Crippen molar-refractivity contribution in [2.24, 2.45) is 0 Å². The molecule has 0 saturated heterocycles. The zero-order valence-corrected chi connectivity index (χ0v) is 13.3. The van der Waals surface area contributed by atoms with Gasteiger partial charge in [0.05, 0.1) is 6.61 Å². The maximum atomic E-state index is 11.7. The van der Waals surface area contributed by atoms with Crippen LogP contribution in [0, 0.1) is 0 Å². The van der Waals surface area contributed by atoms with Crippen LogP contribution in [0.15, 0.2) is 28.8 Å². The number of benzene rings is 1. The lowest BCUT2D eigenvalue weighted by Gasteiger charge is -2.11. The van der Waals surface area contributed by atoms with E-state index < -0.39 is 0 Å². The Hall–Kier alpha value is -1.92. The molecule has 0 spiro atoms. The van der Waals surface area contributed by atoms with Crippen LogP contribution in [-0.4, -0.2) is 35.8 Å². The summed E-state index contributed by atoms with van der Waals surface area (Å²) >= 11 is 5.84. The molecule has 1 N–H and O–H groups in total. The quantitative estimate of drug-likeness (QED) is 0.847. The van der Waals surface area contributed by atoms with Gasteiger partial charge in [-0.15, -0.1) is 0 Å². The summed E-state index contributed by atoms with van der Waals surface area (Å²) in [5.41, 5.74) is 0.817. The Morgan fingerprint density at radius 3 is 2.82 bits per heavy atom. The van der Waals surface area contributed by atoms with Crippen molar-refractivity contribution in [2.75, 3.05) is 13.7 Å². The summed E-state index contributed by atoms with van der Waals surface area (Å²) in [6.07, 6.45) is 0.683. The van der Waals surface area contributed by atoms with Gasteiger partial charge in [0, 0.05) is 36.6 Å². The minimum absolute atomic E-state index is 0.0233. The molecule has 1 atom stereocenters. The number of hydrogen-bond acceptors (Lipinski definition) is 5. The van der Waals surface area contributed by atoms with Crippen LogP contribution in [0.1, 0.15) is 19.2 Å². The molecule has 0 saturated carbocycles. The van der Waals surface area contributed by atoms with Crippen molar-refractivity contribution in [1.82, 2.24) is 15.5 Å². The fourth-order valence-electron chi connectivity index (χ4n) is 1.93. The summed E-state index contributed by atoms with van der Waals surface area (Å²) < 4.78 is 10.1. The molecule has 118 valence electrons. The SMILES string of the molecule is COC[C@@H](C)NC(=O)CCc1nc(-c2ccc(Cl)cc2)no1. The van der Waals surface area contributed by atoms with Gasteiger partial charge >= 0.3 is 0 Å². The van der Waals surface area contributed by atoms with Gasteiger partial charge in [-0.05, 0) is 31.2 Å². The zero-order valence-electron chi connectivity index (χ0n) is 12.5. The molecule has 1 amide bonds. The van der Waals surface area contributed by atoms with E-state index >= 15 is 0 Å². The summed E-state index contributed by atoms with van der Waals surface area (Å²) in [6.45, 7) is 2.36. The van der Waals surface area contributed by atoms with E-state index in [0.29, 0.717) is 29.8 Å². The highest BCUT2D eigenvalue weighted by Gasteiger charge is 2.12. The highest BCUT2D eigenvalue weighted by Crippen LogP contribution is 2.18. The fraction of sp³-hybridized carbons (Fsp3) is 0.400. The predicted octanol–water partition coefficient (Wildman–Crippen LogP) is 2.47. The molecule has 0 aliphatic heterocycles. The molecule has 0 aliphatic rings. The minimum Gasteiger partial charge on any atom is -0.383 e. The molecule has 22 heavy (non-hydrogen) atoms. The number of ether oxygens (including phenoxy) is 1. The topological polar surface area (TPSA) is 77.2 Å². The number of carbonyl (C=O) groups is 1. The lowest BCUT2D eigenvalue weighted by molar-refractivity contribution is -0.122. The van der Waals surface area contributed by atoms with Gasteiger partial charge in [0.1, 0.15) is 0 Å². The van der Waals surface area contributed by atoms with Crippen LogP contribution in [0.25, 0.3) is 11.4 Å². The summed E-state index contributed by atoms with van der Waals surface area (Å²) in [5.74, 6) is 0.843. The lowest BCUT2D eigenvalue weighted by Crippen LogP contribution is -2.35. The molecule has 0 aliphatic carbocycles. The monoisotopic (exact) mass is 323 g/mol. The van der Waals surface area contributed by atoms with E-state index in [1.165, 1.54) is 0 Å². The maximum absolute atomic E-state index is 11.7. The first-order valence-electron chi connectivity index (χ1n) is 6.95. The Morgan fingerprint density at radius 2 is 2.14 bits per heavy atom. The Bertz CT molecular complexity index is 613. The third-order valence-electron chi connectivity index (χ3n) is 2.96. The second kappa shape index (κ2) is 7.91. The molecule has 6 nitrogen and oxygen atoms in total. The molecule has 2 aromatic rings. The van der Waals surface area contributed by atoms with E-state index in [-0.39, 0.29) is 18.4 Å². The number of methoxy groups -OCH3 is 1. The molecule has 2 rings (SSSR count). The van der Waals surface area contributed by atoms with Gasteiger partial charge in [-0.2, -0.15) is 4.98 Å². The van der Waals surface area contributed by atoms with Gasteiger partial charge < -0.3 is 14.6 Å². The second-order valence-electron chi connectivity index (χ2n) is 4.94. The number of amides is 1. The van der Waals surface area contributed by atoms with Crippen LogP contribution in [0.5, 0.6) is 0 Å². The summed E-state index contributed by atoms with van der Waals surface area (Å²) in [4.78, 5) is 16.0. The lowest BCUT2D eigenvalue weighted by atomic mass is 10.2. The number of nitrogens with one attached hydrogen (secondary N) is 1. The minimum atomic E-state index is -0.0733. The van der Waals surface area contributed by atoms with Gasteiger partial charge in [-0.1, -0.05) is 16.8 Å². The van der Waals surface area contributed by atoms with E-state index in [2.05, 4.69) is 15.5 Å². The number of aromatic nitrogens is 2. The zero-order chi connectivity index (χ0) is 15.9. The first-order chi connectivity index (χ1) is 10.6. The van der Waals surface area contributed by atoms with Crippen molar-refractivity contribution in [3.8, 4) is 11.4 Å². The van der Waals surface area contributed by atoms with Crippen LogP contribution in [0.4, 0.5) is 0 Å². The standard InChI is InChI=1S/C15H18ClN3O3/c1-10(9-21-2)17-13(20)7-8-14-18-15(19-22-14)11-3-5-12(16)6-4-11/h3-6,10H,7-9H2,1-2H3,(H,17,20)/t10-/m1/s1. The van der Waals surface area contributed by atoms with Gasteiger partial charge in [0.25, 0.3) is 0 Å². The first-order valence-corrected chi connectivity index (χ1v) is 7.33. The van der Waals surface area contributed by atoms with Crippen molar-refractivity contribution in [3.63, 3.8) is 0 Å². The van der Waals surface area contributed by atoms with Crippen LogP contribution >= 0.6 is 11.6 Å². The number of aryl methyl sites for hydroxylation is 1. The van der Waals surface area contributed by atoms with Crippen LogP contribution < -0.4 is 5.32 Å². The largest absolute Gasteiger partial charge is 0.383 e. The second-order valence-corrected chi connectivity index (χ2v) is 5.38. The molecule has 0 radical (unpaired) electrons. The third-order valence-corrected chi connectivity index (χ3v) is 3.21. The van der Waals surface area contributed by atoms with E-state index in [0.717, 1.165) is 5.56 Å².